The van der Waals surface area contributed by atoms with Crippen LogP contribution < -0.4 is 4.90 Å². The minimum absolute atomic E-state index is 0.0866. The Balaban J connectivity index is 1.24. The minimum atomic E-state index is -0.154. The molecule has 10 rings (SSSR count). The van der Waals surface area contributed by atoms with E-state index in [2.05, 4.69) is 246 Å². The SMILES string of the molecule is CC(C)(C)c1ccc(-c2ccc(N(c3ccc4c(c3)C(C)(C)c3ccccc3-4)c3ccc4ccccc4c3-c3ccc(-c4ccccc4)cc3)c(-c3ccccc3)c2)cc1. The van der Waals surface area contributed by atoms with E-state index in [0.717, 1.165) is 17.1 Å². The Hall–Kier alpha value is -6.96. The molecule has 9 aromatic carbocycles. The summed E-state index contributed by atoms with van der Waals surface area (Å²) < 4.78 is 0. The second kappa shape index (κ2) is 14.7. The van der Waals surface area contributed by atoms with Crippen LogP contribution in [0.4, 0.5) is 17.1 Å². The number of benzene rings is 9. The van der Waals surface area contributed by atoms with Gasteiger partial charge in [0.05, 0.1) is 11.4 Å². The van der Waals surface area contributed by atoms with Crippen LogP contribution >= 0.6 is 0 Å². The zero-order valence-corrected chi connectivity index (χ0v) is 35.1. The van der Waals surface area contributed by atoms with E-state index in [9.17, 15) is 0 Å². The Bertz CT molecular complexity index is 3000. The van der Waals surface area contributed by atoms with Crippen molar-refractivity contribution in [2.75, 3.05) is 4.90 Å². The van der Waals surface area contributed by atoms with Crippen molar-refractivity contribution in [2.45, 2.75) is 45.4 Å². The highest BCUT2D eigenvalue weighted by molar-refractivity contribution is 6.07. The van der Waals surface area contributed by atoms with Gasteiger partial charge >= 0.3 is 0 Å². The van der Waals surface area contributed by atoms with E-state index < -0.39 is 0 Å². The summed E-state index contributed by atoms with van der Waals surface area (Å²) in [6, 6.07) is 76.4. The van der Waals surface area contributed by atoms with E-state index in [-0.39, 0.29) is 10.8 Å². The van der Waals surface area contributed by atoms with Crippen LogP contribution in [0.1, 0.15) is 51.3 Å². The van der Waals surface area contributed by atoms with Gasteiger partial charge in [0, 0.05) is 22.2 Å². The fourth-order valence-corrected chi connectivity index (χ4v) is 9.37. The molecule has 0 fully saturated rings. The van der Waals surface area contributed by atoms with Gasteiger partial charge in [0.1, 0.15) is 0 Å². The molecule has 0 unspecified atom stereocenters. The highest BCUT2D eigenvalue weighted by Gasteiger charge is 2.36. The van der Waals surface area contributed by atoms with Crippen molar-refractivity contribution in [2.24, 2.45) is 0 Å². The lowest BCUT2D eigenvalue weighted by Crippen LogP contribution is -2.17. The second-order valence-electron chi connectivity index (χ2n) is 17.8. The summed E-state index contributed by atoms with van der Waals surface area (Å²) in [5.41, 5.74) is 19.6. The van der Waals surface area contributed by atoms with Gasteiger partial charge in [-0.2, -0.15) is 0 Å². The molecule has 0 N–H and O–H groups in total. The van der Waals surface area contributed by atoms with Gasteiger partial charge < -0.3 is 4.90 Å². The molecule has 0 saturated carbocycles. The molecule has 9 aromatic rings. The molecular weight excluding hydrogens is 723 g/mol. The number of rotatable bonds is 7. The second-order valence-corrected chi connectivity index (χ2v) is 17.8. The Kier molecular flexibility index (Phi) is 9.14. The largest absolute Gasteiger partial charge is 0.309 e. The Morgan fingerprint density at radius 1 is 0.383 bits per heavy atom. The van der Waals surface area contributed by atoms with E-state index >= 15 is 0 Å². The molecule has 60 heavy (non-hydrogen) atoms. The predicted octanol–water partition coefficient (Wildman–Crippen LogP) is 16.6. The first-order valence-electron chi connectivity index (χ1n) is 21.2. The number of hydrogen-bond acceptors (Lipinski definition) is 1. The fraction of sp³-hybridized carbons (Fsp3) is 0.119. The average Bonchev–Trinajstić information content (AvgIpc) is 3.52. The first kappa shape index (κ1) is 37.3. The average molecular weight is 772 g/mol. The summed E-state index contributed by atoms with van der Waals surface area (Å²) in [6.45, 7) is 11.6. The van der Waals surface area contributed by atoms with Crippen LogP contribution in [0.25, 0.3) is 66.4 Å². The van der Waals surface area contributed by atoms with Gasteiger partial charge in [0.25, 0.3) is 0 Å². The predicted molar refractivity (Wildman–Crippen MR) is 257 cm³/mol. The lowest BCUT2D eigenvalue weighted by Gasteiger charge is -2.32. The van der Waals surface area contributed by atoms with Gasteiger partial charge in [-0.15, -0.1) is 0 Å². The maximum Gasteiger partial charge on any atom is 0.0546 e. The molecule has 0 bridgehead atoms. The van der Waals surface area contributed by atoms with Crippen molar-refractivity contribution in [1.29, 1.82) is 0 Å². The van der Waals surface area contributed by atoms with Gasteiger partial charge in [0.15, 0.2) is 0 Å². The molecule has 0 atom stereocenters. The summed E-state index contributed by atoms with van der Waals surface area (Å²) in [5, 5.41) is 2.43. The number of anilines is 3. The fourth-order valence-electron chi connectivity index (χ4n) is 9.37. The summed E-state index contributed by atoms with van der Waals surface area (Å²) in [6.07, 6.45) is 0. The van der Waals surface area contributed by atoms with Crippen LogP contribution in [0.15, 0.2) is 206 Å². The zero-order valence-electron chi connectivity index (χ0n) is 35.1. The molecule has 1 nitrogen and oxygen atoms in total. The number of nitrogens with zero attached hydrogens (tertiary/aromatic N) is 1. The van der Waals surface area contributed by atoms with Gasteiger partial charge in [0.2, 0.25) is 0 Å². The van der Waals surface area contributed by atoms with E-state index in [1.807, 2.05) is 0 Å². The molecule has 0 amide bonds. The normalized spacial score (nSPS) is 12.9. The van der Waals surface area contributed by atoms with Gasteiger partial charge in [-0.1, -0.05) is 211 Å². The van der Waals surface area contributed by atoms with E-state index in [1.165, 1.54) is 83.1 Å². The van der Waals surface area contributed by atoms with Gasteiger partial charge in [-0.3, -0.25) is 0 Å². The van der Waals surface area contributed by atoms with Crippen molar-refractivity contribution in [3.05, 3.63) is 223 Å². The van der Waals surface area contributed by atoms with Crippen molar-refractivity contribution in [3.8, 4) is 55.6 Å². The van der Waals surface area contributed by atoms with Crippen molar-refractivity contribution in [1.82, 2.24) is 0 Å². The third kappa shape index (κ3) is 6.52. The van der Waals surface area contributed by atoms with Crippen LogP contribution in [0.2, 0.25) is 0 Å². The smallest absolute Gasteiger partial charge is 0.0546 e. The van der Waals surface area contributed by atoms with Crippen LogP contribution in [0.3, 0.4) is 0 Å². The number of fused-ring (bicyclic) bond motifs is 4. The maximum absolute atomic E-state index is 2.53. The van der Waals surface area contributed by atoms with Gasteiger partial charge in [-0.25, -0.2) is 0 Å². The quantitative estimate of drug-likeness (QED) is 0.156. The van der Waals surface area contributed by atoms with Crippen molar-refractivity contribution < 1.29 is 0 Å². The molecule has 1 heteroatoms. The van der Waals surface area contributed by atoms with E-state index in [1.54, 1.807) is 0 Å². The molecule has 0 radical (unpaired) electrons. The van der Waals surface area contributed by atoms with Gasteiger partial charge in [-0.05, 0) is 108 Å². The summed E-state index contributed by atoms with van der Waals surface area (Å²) in [4.78, 5) is 2.53. The molecule has 1 aliphatic carbocycles. The molecule has 0 aliphatic heterocycles. The van der Waals surface area contributed by atoms with Crippen LogP contribution in [0.5, 0.6) is 0 Å². The lowest BCUT2D eigenvalue weighted by atomic mass is 9.82. The van der Waals surface area contributed by atoms with E-state index in [4.69, 9.17) is 0 Å². The highest BCUT2D eigenvalue weighted by Crippen LogP contribution is 2.53. The topological polar surface area (TPSA) is 3.24 Å². The molecular formula is C59H49N. The highest BCUT2D eigenvalue weighted by atomic mass is 15.1. The standard InChI is InChI=1S/C59H49N/c1-58(2,3)47-32-28-42(29-33-47)46-31-36-55(52(38-46)43-18-10-7-11-19-43)60(48-34-35-51-50-22-14-15-23-53(50)59(4,5)54(51)39-48)56-37-30-44-20-12-13-21-49(44)57(56)45-26-24-41(25-27-45)40-16-8-6-9-17-40/h6-39H,1-5H3. The monoisotopic (exact) mass is 771 g/mol. The minimum Gasteiger partial charge on any atom is -0.309 e. The number of hydrogen-bond donors (Lipinski definition) is 0. The Morgan fingerprint density at radius 2 is 0.933 bits per heavy atom. The van der Waals surface area contributed by atoms with Crippen LogP contribution in [0, 0.1) is 0 Å². The molecule has 0 aromatic heterocycles. The van der Waals surface area contributed by atoms with Crippen molar-refractivity contribution in [3.63, 3.8) is 0 Å². The third-order valence-electron chi connectivity index (χ3n) is 12.7. The van der Waals surface area contributed by atoms with Crippen LogP contribution in [-0.2, 0) is 10.8 Å². The Labute approximate surface area is 355 Å². The lowest BCUT2D eigenvalue weighted by molar-refractivity contribution is 0.590. The van der Waals surface area contributed by atoms with E-state index in [0.29, 0.717) is 0 Å². The molecule has 290 valence electrons. The summed E-state index contributed by atoms with van der Waals surface area (Å²) in [5.74, 6) is 0. The van der Waals surface area contributed by atoms with Crippen LogP contribution in [-0.4, -0.2) is 0 Å². The zero-order chi connectivity index (χ0) is 41.0. The third-order valence-corrected chi connectivity index (χ3v) is 12.7. The maximum atomic E-state index is 2.53. The summed E-state index contributed by atoms with van der Waals surface area (Å²) in [7, 11) is 0. The summed E-state index contributed by atoms with van der Waals surface area (Å²) >= 11 is 0. The first-order chi connectivity index (χ1) is 29.1. The molecule has 0 saturated heterocycles. The molecule has 0 heterocycles. The van der Waals surface area contributed by atoms with Crippen molar-refractivity contribution >= 4 is 27.8 Å². The molecule has 0 spiro atoms. The molecule has 1 aliphatic rings. The Morgan fingerprint density at radius 3 is 1.67 bits per heavy atom. The first-order valence-corrected chi connectivity index (χ1v) is 21.2.